The summed E-state index contributed by atoms with van der Waals surface area (Å²) in [5.74, 6) is -0.280. The number of H-pyrrole nitrogens is 1. The van der Waals surface area contributed by atoms with Crippen molar-refractivity contribution < 1.29 is 4.79 Å². The topological polar surface area (TPSA) is 62.0 Å². The van der Waals surface area contributed by atoms with Crippen LogP contribution in [0.2, 0.25) is 0 Å². The Balaban J connectivity index is 2.58. The maximum atomic E-state index is 12.1. The lowest BCUT2D eigenvalue weighted by atomic mass is 10.1. The summed E-state index contributed by atoms with van der Waals surface area (Å²) in [5.41, 5.74) is 1.61. The Morgan fingerprint density at radius 2 is 2.00 bits per heavy atom. The molecule has 0 bridgehead atoms. The summed E-state index contributed by atoms with van der Waals surface area (Å²) in [5, 5.41) is 2.90. The summed E-state index contributed by atoms with van der Waals surface area (Å²) in [7, 11) is 0. The van der Waals surface area contributed by atoms with Crippen molar-refractivity contribution in [3.8, 4) is 0 Å². The van der Waals surface area contributed by atoms with E-state index in [9.17, 15) is 9.59 Å². The van der Waals surface area contributed by atoms with E-state index in [0.29, 0.717) is 0 Å². The van der Waals surface area contributed by atoms with E-state index in [-0.39, 0.29) is 23.1 Å². The molecule has 1 aromatic heterocycles. The van der Waals surface area contributed by atoms with E-state index in [4.69, 9.17) is 0 Å². The minimum atomic E-state index is -0.316. The molecule has 1 heterocycles. The zero-order valence-corrected chi connectivity index (χ0v) is 13.0. The second kappa shape index (κ2) is 7.88. The average molecular weight is 278 g/mol. The van der Waals surface area contributed by atoms with Gasteiger partial charge in [-0.3, -0.25) is 9.59 Å². The highest BCUT2D eigenvalue weighted by Gasteiger charge is 2.14. The number of nitrogens with one attached hydrogen (secondary N) is 2. The molecule has 4 heteroatoms. The van der Waals surface area contributed by atoms with Gasteiger partial charge in [0.25, 0.3) is 11.5 Å². The van der Waals surface area contributed by atoms with Crippen LogP contribution < -0.4 is 10.9 Å². The van der Waals surface area contributed by atoms with Crippen LogP contribution in [-0.2, 0) is 0 Å². The van der Waals surface area contributed by atoms with Crippen LogP contribution in [0, 0.1) is 13.8 Å². The Kier molecular flexibility index (Phi) is 6.49. The number of aromatic nitrogens is 1. The van der Waals surface area contributed by atoms with E-state index in [1.54, 1.807) is 6.07 Å². The van der Waals surface area contributed by atoms with Gasteiger partial charge in [-0.25, -0.2) is 0 Å². The van der Waals surface area contributed by atoms with Gasteiger partial charge >= 0.3 is 0 Å². The van der Waals surface area contributed by atoms with Crippen LogP contribution >= 0.6 is 0 Å². The summed E-state index contributed by atoms with van der Waals surface area (Å²) in [6.07, 6.45) is 5.70. The first-order valence-electron chi connectivity index (χ1n) is 7.47. The SMILES string of the molecule is CCCCCC[C@H](C)NC(=O)c1cc(C)c(C)[nH]c1=O. The van der Waals surface area contributed by atoms with Crippen LogP contribution in [0.4, 0.5) is 0 Å². The molecular weight excluding hydrogens is 252 g/mol. The van der Waals surface area contributed by atoms with Gasteiger partial charge in [0.05, 0.1) is 0 Å². The number of carbonyl (C=O) groups excluding carboxylic acids is 1. The molecule has 0 radical (unpaired) electrons. The van der Waals surface area contributed by atoms with E-state index in [1.807, 2.05) is 20.8 Å². The van der Waals surface area contributed by atoms with Gasteiger partial charge in [-0.15, -0.1) is 0 Å². The molecule has 0 saturated heterocycles. The number of carbonyl (C=O) groups is 1. The second-order valence-electron chi connectivity index (χ2n) is 5.54. The summed E-state index contributed by atoms with van der Waals surface area (Å²) < 4.78 is 0. The molecule has 0 aromatic carbocycles. The summed E-state index contributed by atoms with van der Waals surface area (Å²) in [4.78, 5) is 26.6. The maximum Gasteiger partial charge on any atom is 0.261 e. The third-order valence-corrected chi connectivity index (χ3v) is 3.61. The Morgan fingerprint density at radius 1 is 1.30 bits per heavy atom. The fraction of sp³-hybridized carbons (Fsp3) is 0.625. The van der Waals surface area contributed by atoms with Gasteiger partial charge in [0.15, 0.2) is 0 Å². The molecular formula is C16H26N2O2. The van der Waals surface area contributed by atoms with Crippen molar-refractivity contribution in [3.63, 3.8) is 0 Å². The van der Waals surface area contributed by atoms with Gasteiger partial charge in [0.2, 0.25) is 0 Å². The molecule has 20 heavy (non-hydrogen) atoms. The fourth-order valence-electron chi connectivity index (χ4n) is 2.15. The quantitative estimate of drug-likeness (QED) is 0.753. The lowest BCUT2D eigenvalue weighted by Crippen LogP contribution is -2.36. The molecule has 0 spiro atoms. The van der Waals surface area contributed by atoms with E-state index < -0.39 is 0 Å². The van der Waals surface area contributed by atoms with E-state index >= 15 is 0 Å². The molecule has 4 nitrogen and oxygen atoms in total. The highest BCUT2D eigenvalue weighted by Crippen LogP contribution is 2.07. The number of aromatic amines is 1. The number of aryl methyl sites for hydroxylation is 2. The Labute approximate surface area is 121 Å². The molecule has 0 fully saturated rings. The van der Waals surface area contributed by atoms with Crippen LogP contribution in [0.5, 0.6) is 0 Å². The zero-order chi connectivity index (χ0) is 15.1. The normalized spacial score (nSPS) is 12.2. The Bertz CT molecular complexity index is 506. The average Bonchev–Trinajstić information content (AvgIpc) is 2.38. The minimum absolute atomic E-state index is 0.0976. The standard InChI is InChI=1S/C16H26N2O2/c1-5-6-7-8-9-12(3)17-15(19)14-10-11(2)13(4)18-16(14)20/h10,12H,5-9H2,1-4H3,(H,17,19)(H,18,20)/t12-/m0/s1. The van der Waals surface area contributed by atoms with Gasteiger partial charge in [-0.1, -0.05) is 32.6 Å². The van der Waals surface area contributed by atoms with Crippen molar-refractivity contribution in [1.29, 1.82) is 0 Å². The van der Waals surface area contributed by atoms with Gasteiger partial charge < -0.3 is 10.3 Å². The van der Waals surface area contributed by atoms with Crippen molar-refractivity contribution >= 4 is 5.91 Å². The van der Waals surface area contributed by atoms with Crippen LogP contribution in [0.25, 0.3) is 0 Å². The zero-order valence-electron chi connectivity index (χ0n) is 13.0. The molecule has 0 aliphatic heterocycles. The lowest BCUT2D eigenvalue weighted by molar-refractivity contribution is 0.0936. The Hall–Kier alpha value is -1.58. The van der Waals surface area contributed by atoms with Crippen molar-refractivity contribution in [1.82, 2.24) is 10.3 Å². The first-order valence-corrected chi connectivity index (χ1v) is 7.47. The highest BCUT2D eigenvalue weighted by molar-refractivity contribution is 5.94. The van der Waals surface area contributed by atoms with Crippen LogP contribution in [-0.4, -0.2) is 16.9 Å². The Morgan fingerprint density at radius 3 is 2.65 bits per heavy atom. The van der Waals surface area contributed by atoms with Gasteiger partial charge in [0, 0.05) is 11.7 Å². The third kappa shape index (κ3) is 4.83. The van der Waals surface area contributed by atoms with Gasteiger partial charge in [-0.05, 0) is 38.8 Å². The largest absolute Gasteiger partial charge is 0.349 e. The number of hydrogen-bond acceptors (Lipinski definition) is 2. The first-order chi connectivity index (χ1) is 9.45. The highest BCUT2D eigenvalue weighted by atomic mass is 16.2. The number of pyridine rings is 1. The minimum Gasteiger partial charge on any atom is -0.349 e. The third-order valence-electron chi connectivity index (χ3n) is 3.61. The molecule has 2 N–H and O–H groups in total. The van der Waals surface area contributed by atoms with Crippen LogP contribution in [0.3, 0.4) is 0 Å². The predicted molar refractivity (Wildman–Crippen MR) is 82.2 cm³/mol. The summed E-state index contributed by atoms with van der Waals surface area (Å²) in [6.45, 7) is 7.88. The lowest BCUT2D eigenvalue weighted by Gasteiger charge is -2.14. The van der Waals surface area contributed by atoms with E-state index in [1.165, 1.54) is 19.3 Å². The molecule has 0 unspecified atom stereocenters. The van der Waals surface area contributed by atoms with Crippen molar-refractivity contribution in [2.45, 2.75) is 65.8 Å². The monoisotopic (exact) mass is 278 g/mol. The predicted octanol–water partition coefficient (Wildman–Crippen LogP) is 3.08. The molecule has 0 aliphatic rings. The number of rotatable bonds is 7. The number of unbranched alkanes of at least 4 members (excludes halogenated alkanes) is 3. The van der Waals surface area contributed by atoms with Crippen LogP contribution in [0.1, 0.15) is 67.6 Å². The van der Waals surface area contributed by atoms with E-state index in [0.717, 1.165) is 24.1 Å². The van der Waals surface area contributed by atoms with E-state index in [2.05, 4.69) is 17.2 Å². The summed E-state index contributed by atoms with van der Waals surface area (Å²) >= 11 is 0. The molecule has 112 valence electrons. The molecule has 1 rings (SSSR count). The van der Waals surface area contributed by atoms with Crippen molar-refractivity contribution in [3.05, 3.63) is 33.2 Å². The van der Waals surface area contributed by atoms with Crippen molar-refractivity contribution in [2.24, 2.45) is 0 Å². The fourth-order valence-corrected chi connectivity index (χ4v) is 2.15. The van der Waals surface area contributed by atoms with Crippen molar-refractivity contribution in [2.75, 3.05) is 0 Å². The summed E-state index contributed by atoms with van der Waals surface area (Å²) in [6, 6.07) is 1.76. The number of amides is 1. The maximum absolute atomic E-state index is 12.1. The second-order valence-corrected chi connectivity index (χ2v) is 5.54. The van der Waals surface area contributed by atoms with Gasteiger partial charge in [0.1, 0.15) is 5.56 Å². The molecule has 1 aromatic rings. The van der Waals surface area contributed by atoms with Crippen LogP contribution in [0.15, 0.2) is 10.9 Å². The molecule has 1 amide bonds. The molecule has 0 saturated carbocycles. The smallest absolute Gasteiger partial charge is 0.261 e. The van der Waals surface area contributed by atoms with Gasteiger partial charge in [-0.2, -0.15) is 0 Å². The number of hydrogen-bond donors (Lipinski definition) is 2. The first kappa shape index (κ1) is 16.5. The molecule has 1 atom stereocenters. The molecule has 0 aliphatic carbocycles.